The lowest BCUT2D eigenvalue weighted by atomic mass is 10.1. The van der Waals surface area contributed by atoms with Crippen molar-refractivity contribution in [2.45, 2.75) is 32.9 Å². The van der Waals surface area contributed by atoms with E-state index in [-0.39, 0.29) is 5.91 Å². The Balaban J connectivity index is 1.36. The Kier molecular flexibility index (Phi) is 6.99. The van der Waals surface area contributed by atoms with Crippen molar-refractivity contribution in [2.24, 2.45) is 0 Å². The number of para-hydroxylation sites is 2. The van der Waals surface area contributed by atoms with Crippen LogP contribution in [0.3, 0.4) is 0 Å². The Morgan fingerprint density at radius 2 is 1.94 bits per heavy atom. The second-order valence-corrected chi connectivity index (χ2v) is 8.62. The van der Waals surface area contributed by atoms with Gasteiger partial charge in [0.1, 0.15) is 12.4 Å². The zero-order chi connectivity index (χ0) is 21.5. The topological polar surface area (TPSA) is 54.5 Å². The normalized spacial score (nSPS) is 13.6. The van der Waals surface area contributed by atoms with Crippen LogP contribution in [-0.4, -0.2) is 24.0 Å². The maximum Gasteiger partial charge on any atom is 0.244 e. The number of thiazole rings is 1. The van der Waals surface area contributed by atoms with Crippen LogP contribution in [0.2, 0.25) is 0 Å². The van der Waals surface area contributed by atoms with E-state index in [2.05, 4.69) is 33.4 Å². The van der Waals surface area contributed by atoms with Crippen LogP contribution in [0.25, 0.3) is 6.08 Å². The van der Waals surface area contributed by atoms with E-state index in [1.54, 1.807) is 23.5 Å². The van der Waals surface area contributed by atoms with Crippen LogP contribution in [-0.2, 0) is 17.9 Å². The molecule has 1 saturated heterocycles. The van der Waals surface area contributed by atoms with Crippen LogP contribution < -0.4 is 15.0 Å². The van der Waals surface area contributed by atoms with Crippen molar-refractivity contribution >= 4 is 29.0 Å². The van der Waals surface area contributed by atoms with Gasteiger partial charge in [0.2, 0.25) is 5.91 Å². The summed E-state index contributed by atoms with van der Waals surface area (Å²) in [6.45, 7) is 5.07. The number of rotatable bonds is 8. The molecule has 3 aromatic rings. The van der Waals surface area contributed by atoms with Gasteiger partial charge in [-0.15, -0.1) is 11.3 Å². The molecule has 2 aromatic carbocycles. The van der Waals surface area contributed by atoms with E-state index in [0.29, 0.717) is 13.2 Å². The molecule has 1 amide bonds. The van der Waals surface area contributed by atoms with Gasteiger partial charge in [-0.05, 0) is 43.5 Å². The number of hydrogen-bond donors (Lipinski definition) is 1. The van der Waals surface area contributed by atoms with Crippen LogP contribution in [0, 0.1) is 6.92 Å². The number of carbonyl (C=O) groups excluding carboxylic acids is 1. The summed E-state index contributed by atoms with van der Waals surface area (Å²) >= 11 is 1.61. The molecule has 6 heteroatoms. The largest absolute Gasteiger partial charge is 0.487 e. The fourth-order valence-electron chi connectivity index (χ4n) is 3.71. The van der Waals surface area contributed by atoms with E-state index in [9.17, 15) is 4.79 Å². The summed E-state index contributed by atoms with van der Waals surface area (Å²) in [6.07, 6.45) is 5.82. The minimum absolute atomic E-state index is 0.124. The molecule has 0 radical (unpaired) electrons. The lowest BCUT2D eigenvalue weighted by Crippen LogP contribution is -2.24. The number of ether oxygens (including phenoxy) is 1. The number of aromatic nitrogens is 1. The average Bonchev–Trinajstić information content (AvgIpc) is 3.47. The summed E-state index contributed by atoms with van der Waals surface area (Å²) < 4.78 is 5.93. The first-order valence-electron chi connectivity index (χ1n) is 10.6. The van der Waals surface area contributed by atoms with Gasteiger partial charge in [-0.1, -0.05) is 36.4 Å². The molecule has 31 heavy (non-hydrogen) atoms. The van der Waals surface area contributed by atoms with Crippen molar-refractivity contribution < 1.29 is 9.53 Å². The highest BCUT2D eigenvalue weighted by atomic mass is 32.1. The number of amides is 1. The van der Waals surface area contributed by atoms with E-state index < -0.39 is 0 Å². The maximum absolute atomic E-state index is 12.5. The number of hydrogen-bond acceptors (Lipinski definition) is 5. The van der Waals surface area contributed by atoms with Crippen molar-refractivity contribution in [3.63, 3.8) is 0 Å². The first-order chi connectivity index (χ1) is 15.2. The smallest absolute Gasteiger partial charge is 0.244 e. The van der Waals surface area contributed by atoms with Gasteiger partial charge in [0.05, 0.1) is 10.7 Å². The number of anilines is 1. The van der Waals surface area contributed by atoms with Crippen LogP contribution in [0.1, 0.15) is 34.7 Å². The van der Waals surface area contributed by atoms with E-state index in [1.165, 1.54) is 18.5 Å². The van der Waals surface area contributed by atoms with Gasteiger partial charge in [0, 0.05) is 42.3 Å². The Morgan fingerprint density at radius 1 is 1.16 bits per heavy atom. The standard InChI is InChI=1S/C25H27N3O2S/c1-19-27-22(18-31-19)17-30-24-11-5-3-8-20(24)12-13-25(29)26-16-21-9-2-4-10-23(21)28-14-6-7-15-28/h2-5,8-13,18H,6-7,14-17H2,1H3,(H,26,29)/b13-12+. The van der Waals surface area contributed by atoms with Gasteiger partial charge in [-0.25, -0.2) is 4.98 Å². The average molecular weight is 434 g/mol. The molecule has 0 bridgehead atoms. The van der Waals surface area contributed by atoms with Gasteiger partial charge < -0.3 is 15.0 Å². The first-order valence-corrected chi connectivity index (χ1v) is 11.5. The lowest BCUT2D eigenvalue weighted by molar-refractivity contribution is -0.116. The predicted molar refractivity (Wildman–Crippen MR) is 126 cm³/mol. The second-order valence-electron chi connectivity index (χ2n) is 7.56. The molecule has 0 spiro atoms. The third-order valence-corrected chi connectivity index (χ3v) is 6.09. The first kappa shape index (κ1) is 21.1. The lowest BCUT2D eigenvalue weighted by Gasteiger charge is -2.21. The molecule has 0 atom stereocenters. The molecule has 4 rings (SSSR count). The molecule has 1 fully saturated rings. The third kappa shape index (κ3) is 5.73. The minimum atomic E-state index is -0.124. The molecule has 160 valence electrons. The van der Waals surface area contributed by atoms with E-state index in [1.807, 2.05) is 42.6 Å². The summed E-state index contributed by atoms with van der Waals surface area (Å²) in [7, 11) is 0. The van der Waals surface area contributed by atoms with Crippen LogP contribution in [0.5, 0.6) is 5.75 Å². The van der Waals surface area contributed by atoms with E-state index >= 15 is 0 Å². The highest BCUT2D eigenvalue weighted by molar-refractivity contribution is 7.09. The Morgan fingerprint density at radius 3 is 2.74 bits per heavy atom. The van der Waals surface area contributed by atoms with Gasteiger partial charge in [-0.3, -0.25) is 4.79 Å². The van der Waals surface area contributed by atoms with Crippen molar-refractivity contribution in [3.8, 4) is 5.75 Å². The minimum Gasteiger partial charge on any atom is -0.487 e. The molecule has 2 heterocycles. The molecule has 1 aliphatic rings. The number of nitrogens with zero attached hydrogens (tertiary/aromatic N) is 2. The Hall–Kier alpha value is -3.12. The molecule has 5 nitrogen and oxygen atoms in total. The molecule has 1 aliphatic heterocycles. The molecular formula is C25H27N3O2S. The van der Waals surface area contributed by atoms with E-state index in [0.717, 1.165) is 40.7 Å². The summed E-state index contributed by atoms with van der Waals surface area (Å²) in [5, 5.41) is 6.04. The quantitative estimate of drug-likeness (QED) is 0.510. The Labute approximate surface area is 187 Å². The molecule has 0 saturated carbocycles. The molecule has 0 unspecified atom stereocenters. The second kappa shape index (κ2) is 10.3. The number of aryl methyl sites for hydroxylation is 1. The van der Waals surface area contributed by atoms with Gasteiger partial charge in [0.25, 0.3) is 0 Å². The summed E-state index contributed by atoms with van der Waals surface area (Å²) in [6, 6.07) is 16.0. The number of carbonyl (C=O) groups is 1. The van der Waals surface area contributed by atoms with E-state index in [4.69, 9.17) is 4.74 Å². The van der Waals surface area contributed by atoms with Crippen LogP contribution in [0.15, 0.2) is 60.0 Å². The van der Waals surface area contributed by atoms with Crippen LogP contribution >= 0.6 is 11.3 Å². The third-order valence-electron chi connectivity index (χ3n) is 5.27. The van der Waals surface area contributed by atoms with Gasteiger partial charge in [-0.2, -0.15) is 0 Å². The fraction of sp³-hybridized carbons (Fsp3) is 0.280. The Bertz CT molecular complexity index is 1050. The zero-order valence-corrected chi connectivity index (χ0v) is 18.5. The van der Waals surface area contributed by atoms with Crippen LogP contribution in [0.4, 0.5) is 5.69 Å². The van der Waals surface area contributed by atoms with Gasteiger partial charge in [0.15, 0.2) is 0 Å². The highest BCUT2D eigenvalue weighted by Gasteiger charge is 2.15. The fourth-order valence-corrected chi connectivity index (χ4v) is 4.31. The number of benzene rings is 2. The van der Waals surface area contributed by atoms with Crippen molar-refractivity contribution in [1.29, 1.82) is 0 Å². The summed E-state index contributed by atoms with van der Waals surface area (Å²) in [5.74, 6) is 0.609. The van der Waals surface area contributed by atoms with Crippen molar-refractivity contribution in [1.82, 2.24) is 10.3 Å². The SMILES string of the molecule is Cc1nc(COc2ccccc2/C=C/C(=O)NCc2ccccc2N2CCCC2)cs1. The molecular weight excluding hydrogens is 406 g/mol. The maximum atomic E-state index is 12.5. The summed E-state index contributed by atoms with van der Waals surface area (Å²) in [5.41, 5.74) is 4.14. The number of nitrogens with one attached hydrogen (secondary N) is 1. The van der Waals surface area contributed by atoms with Crippen molar-refractivity contribution in [2.75, 3.05) is 18.0 Å². The monoisotopic (exact) mass is 433 g/mol. The molecule has 1 aromatic heterocycles. The molecule has 0 aliphatic carbocycles. The van der Waals surface area contributed by atoms with Crippen molar-refractivity contribution in [3.05, 3.63) is 81.8 Å². The molecule has 1 N–H and O–H groups in total. The van der Waals surface area contributed by atoms with Gasteiger partial charge >= 0.3 is 0 Å². The zero-order valence-electron chi connectivity index (χ0n) is 17.7. The predicted octanol–water partition coefficient (Wildman–Crippen LogP) is 4.96. The summed E-state index contributed by atoms with van der Waals surface area (Å²) in [4.78, 5) is 19.3. The highest BCUT2D eigenvalue weighted by Crippen LogP contribution is 2.24.